The molecular formula is C45H74N2. The van der Waals surface area contributed by atoms with Gasteiger partial charge in [-0.2, -0.15) is 0 Å². The molecule has 47 heavy (non-hydrogen) atoms. The number of aliphatic imine (C=N–C) groups is 2. The monoisotopic (exact) mass is 643 g/mol. The lowest BCUT2D eigenvalue weighted by Gasteiger charge is -2.11. The van der Waals surface area contributed by atoms with E-state index in [0.717, 1.165) is 30.6 Å². The fourth-order valence-corrected chi connectivity index (χ4v) is 6.62. The Morgan fingerprint density at radius 2 is 0.574 bits per heavy atom. The number of unbranched alkanes of at least 4 members (excludes halogenated alkanes) is 25. The Kier molecular flexibility index (Phi) is 27.1. The molecule has 264 valence electrons. The van der Waals surface area contributed by atoms with Gasteiger partial charge in [-0.3, -0.25) is 9.98 Å². The van der Waals surface area contributed by atoms with Crippen molar-refractivity contribution in [2.24, 2.45) is 9.98 Å². The number of rotatable bonds is 32. The van der Waals surface area contributed by atoms with Crippen molar-refractivity contribution in [1.29, 1.82) is 0 Å². The summed E-state index contributed by atoms with van der Waals surface area (Å²) < 4.78 is 0. The van der Waals surface area contributed by atoms with Crippen LogP contribution in [0.3, 0.4) is 0 Å². The molecule has 2 nitrogen and oxygen atoms in total. The number of hydrogen-bond donors (Lipinski definition) is 0. The van der Waals surface area contributed by atoms with Crippen molar-refractivity contribution in [3.63, 3.8) is 0 Å². The Balaban J connectivity index is 1.47. The van der Waals surface area contributed by atoms with E-state index in [1.54, 1.807) is 0 Å². The molecule has 0 aliphatic rings. The topological polar surface area (TPSA) is 24.7 Å². The summed E-state index contributed by atoms with van der Waals surface area (Å²) >= 11 is 0. The first kappa shape index (κ1) is 41.0. The maximum atomic E-state index is 5.12. The minimum absolute atomic E-state index is 0.997. The van der Waals surface area contributed by atoms with Crippen LogP contribution in [0.1, 0.15) is 200 Å². The Morgan fingerprint density at radius 3 is 0.872 bits per heavy atom. The van der Waals surface area contributed by atoms with E-state index in [4.69, 9.17) is 9.98 Å². The summed E-state index contributed by atoms with van der Waals surface area (Å²) in [5, 5.41) is 0. The van der Waals surface area contributed by atoms with Gasteiger partial charge in [0.25, 0.3) is 0 Å². The molecular weight excluding hydrogens is 569 g/mol. The Hall–Kier alpha value is -2.22. The molecule has 0 atom stereocenters. The zero-order chi connectivity index (χ0) is 33.3. The third-order valence-corrected chi connectivity index (χ3v) is 9.66. The van der Waals surface area contributed by atoms with Gasteiger partial charge in [-0.15, -0.1) is 0 Å². The van der Waals surface area contributed by atoms with E-state index in [2.05, 4.69) is 74.5 Å². The summed E-state index contributed by atoms with van der Waals surface area (Å²) in [6, 6.07) is 20.9. The van der Waals surface area contributed by atoms with Crippen LogP contribution >= 0.6 is 0 Å². The number of para-hydroxylation sites is 2. The van der Waals surface area contributed by atoms with Crippen LogP contribution in [0.2, 0.25) is 0 Å². The maximum Gasteiger partial charge on any atom is 0.0633 e. The molecule has 0 fully saturated rings. The van der Waals surface area contributed by atoms with Crippen LogP contribution in [0.4, 0.5) is 11.4 Å². The smallest absolute Gasteiger partial charge is 0.0633 e. The van der Waals surface area contributed by atoms with E-state index in [1.807, 2.05) is 0 Å². The van der Waals surface area contributed by atoms with Gasteiger partial charge in [0.2, 0.25) is 0 Å². The summed E-state index contributed by atoms with van der Waals surface area (Å²) in [7, 11) is 0. The summed E-state index contributed by atoms with van der Waals surface area (Å²) in [5.74, 6) is 0. The minimum Gasteiger partial charge on any atom is -0.252 e. The molecule has 0 heterocycles. The van der Waals surface area contributed by atoms with E-state index in [0.29, 0.717) is 0 Å². The summed E-state index contributed by atoms with van der Waals surface area (Å²) in [6.07, 6.45) is 40.1. The molecule has 0 aromatic heterocycles. The van der Waals surface area contributed by atoms with Crippen molar-refractivity contribution in [2.75, 3.05) is 0 Å². The van der Waals surface area contributed by atoms with E-state index < -0.39 is 0 Å². The second-order valence-corrected chi connectivity index (χ2v) is 14.1. The zero-order valence-electron chi connectivity index (χ0n) is 31.2. The number of hydrogen-bond acceptors (Lipinski definition) is 2. The van der Waals surface area contributed by atoms with Crippen molar-refractivity contribution in [2.45, 2.75) is 200 Å². The number of nitrogens with zero attached hydrogens (tertiary/aromatic N) is 2. The van der Waals surface area contributed by atoms with Crippen LogP contribution in [-0.2, 0) is 0 Å². The van der Waals surface area contributed by atoms with Crippen LogP contribution < -0.4 is 0 Å². The first-order chi connectivity index (χ1) is 23.3. The molecule has 0 unspecified atom stereocenters. The summed E-state index contributed by atoms with van der Waals surface area (Å²) in [6.45, 7) is 4.56. The van der Waals surface area contributed by atoms with Gasteiger partial charge in [-0.05, 0) is 49.9 Å². The highest BCUT2D eigenvalue weighted by atomic mass is 14.8. The molecule has 0 N–H and O–H groups in total. The van der Waals surface area contributed by atoms with Gasteiger partial charge in [0.05, 0.1) is 22.8 Å². The minimum atomic E-state index is 0.997. The lowest BCUT2D eigenvalue weighted by atomic mass is 10.0. The quantitative estimate of drug-likeness (QED) is 0.0560. The lowest BCUT2D eigenvalue weighted by molar-refractivity contribution is 0.516. The Bertz CT molecular complexity index is 993. The van der Waals surface area contributed by atoms with Gasteiger partial charge >= 0.3 is 0 Å². The zero-order valence-corrected chi connectivity index (χ0v) is 31.2. The first-order valence-electron chi connectivity index (χ1n) is 20.6. The second-order valence-electron chi connectivity index (χ2n) is 14.1. The van der Waals surface area contributed by atoms with Gasteiger partial charge in [-0.25, -0.2) is 0 Å². The average Bonchev–Trinajstić information content (AvgIpc) is 3.10. The van der Waals surface area contributed by atoms with Crippen molar-refractivity contribution in [3.05, 3.63) is 60.7 Å². The van der Waals surface area contributed by atoms with Gasteiger partial charge in [-0.1, -0.05) is 211 Å². The maximum absolute atomic E-state index is 5.12. The highest BCUT2D eigenvalue weighted by molar-refractivity contribution is 6.43. The molecule has 2 aromatic carbocycles. The van der Waals surface area contributed by atoms with Crippen molar-refractivity contribution in [3.8, 4) is 0 Å². The van der Waals surface area contributed by atoms with Crippen LogP contribution in [0.5, 0.6) is 0 Å². The van der Waals surface area contributed by atoms with E-state index in [9.17, 15) is 0 Å². The molecule has 0 saturated carbocycles. The van der Waals surface area contributed by atoms with Crippen LogP contribution in [-0.4, -0.2) is 11.4 Å². The molecule has 0 aliphatic heterocycles. The third-order valence-electron chi connectivity index (χ3n) is 9.66. The highest BCUT2D eigenvalue weighted by Gasteiger charge is 2.10. The highest BCUT2D eigenvalue weighted by Crippen LogP contribution is 2.20. The second kappa shape index (κ2) is 31.1. The lowest BCUT2D eigenvalue weighted by Crippen LogP contribution is -2.14. The number of benzene rings is 2. The van der Waals surface area contributed by atoms with E-state index in [1.165, 1.54) is 178 Å². The predicted molar refractivity (Wildman–Crippen MR) is 212 cm³/mol. The predicted octanol–water partition coefficient (Wildman–Crippen LogP) is 15.9. The Labute approximate surface area is 292 Å². The van der Waals surface area contributed by atoms with Crippen LogP contribution in [0, 0.1) is 0 Å². The molecule has 2 heteroatoms. The molecule has 0 amide bonds. The summed E-state index contributed by atoms with van der Waals surface area (Å²) in [5.41, 5.74) is 4.43. The first-order valence-corrected chi connectivity index (χ1v) is 20.6. The van der Waals surface area contributed by atoms with Gasteiger partial charge in [0.15, 0.2) is 0 Å². The standard InChI is InChI=1S/C45H74N2/c1-3-5-7-8-9-10-11-12-13-14-15-16-17-18-19-20-21-22-23-24-25-26-27-28-35-41-45(47-43-38-33-30-34-39-43)44(40-6-4-2)46-42-36-31-29-32-37-42/h29-34,36-39H,3-28,35,40-41H2,1-2H3. The molecule has 0 bridgehead atoms. The third kappa shape index (κ3) is 23.7. The van der Waals surface area contributed by atoms with Crippen LogP contribution in [0.25, 0.3) is 0 Å². The molecule has 0 aliphatic carbocycles. The normalized spacial score (nSPS) is 12.2. The summed E-state index contributed by atoms with van der Waals surface area (Å²) in [4.78, 5) is 10.2. The molecule has 0 radical (unpaired) electrons. The van der Waals surface area contributed by atoms with Crippen molar-refractivity contribution < 1.29 is 0 Å². The van der Waals surface area contributed by atoms with Crippen molar-refractivity contribution >= 4 is 22.8 Å². The van der Waals surface area contributed by atoms with Gasteiger partial charge in [0.1, 0.15) is 0 Å². The molecule has 2 rings (SSSR count). The van der Waals surface area contributed by atoms with Gasteiger partial charge < -0.3 is 0 Å². The fourth-order valence-electron chi connectivity index (χ4n) is 6.62. The largest absolute Gasteiger partial charge is 0.252 e. The molecule has 2 aromatic rings. The van der Waals surface area contributed by atoms with E-state index >= 15 is 0 Å². The van der Waals surface area contributed by atoms with E-state index in [-0.39, 0.29) is 0 Å². The molecule has 0 spiro atoms. The Morgan fingerprint density at radius 1 is 0.319 bits per heavy atom. The SMILES string of the molecule is CCCCCCCCCCCCCCCCCCCCCCCCCCCC(=Nc1ccccc1)C(CCCC)=Nc1ccccc1. The average molecular weight is 643 g/mol. The van der Waals surface area contributed by atoms with Crippen LogP contribution in [0.15, 0.2) is 70.6 Å². The van der Waals surface area contributed by atoms with Gasteiger partial charge in [0, 0.05) is 0 Å². The van der Waals surface area contributed by atoms with Crippen molar-refractivity contribution in [1.82, 2.24) is 0 Å². The fraction of sp³-hybridized carbons (Fsp3) is 0.689. The molecule has 0 saturated heterocycles.